The number of aliphatic hydroxyl groups excluding tert-OH is 1. The molecule has 112 valence electrons. The van der Waals surface area contributed by atoms with E-state index in [0.29, 0.717) is 12.6 Å². The second-order valence-corrected chi connectivity index (χ2v) is 9.50. The molecule has 3 rings (SSSR count). The van der Waals surface area contributed by atoms with Crippen LogP contribution in [0.15, 0.2) is 6.07 Å². The molecule has 0 amide bonds. The molecule has 1 aromatic rings. The minimum Gasteiger partial charge on any atom is -0.396 e. The first-order valence-corrected chi connectivity index (χ1v) is 9.74. The van der Waals surface area contributed by atoms with Crippen LogP contribution in [0, 0.1) is 8.30 Å². The lowest BCUT2D eigenvalue weighted by atomic mass is 9.74. The molecule has 0 aromatic carbocycles. The highest BCUT2D eigenvalue weighted by Gasteiger charge is 2.32. The molecule has 4 heteroatoms. The number of hydrogen-bond acceptors (Lipinski definition) is 3. The maximum Gasteiger partial charge on any atom is 0.0659 e. The van der Waals surface area contributed by atoms with Crippen molar-refractivity contribution in [1.82, 2.24) is 5.32 Å². The second-order valence-electron chi connectivity index (χ2n) is 6.47. The lowest BCUT2D eigenvalue weighted by Crippen LogP contribution is -2.41. The summed E-state index contributed by atoms with van der Waals surface area (Å²) in [5.41, 5.74) is 1.69. The molecule has 1 aromatic heterocycles. The van der Waals surface area contributed by atoms with Gasteiger partial charge in [-0.15, -0.1) is 11.3 Å². The Balaban J connectivity index is 1.66. The van der Waals surface area contributed by atoms with E-state index in [0.717, 1.165) is 6.54 Å². The number of aliphatic hydroxyl groups is 1. The Labute approximate surface area is 139 Å². The monoisotopic (exact) mass is 405 g/mol. The van der Waals surface area contributed by atoms with E-state index in [2.05, 4.69) is 34.0 Å². The summed E-state index contributed by atoms with van der Waals surface area (Å²) in [6.07, 6.45) is 10.1. The van der Waals surface area contributed by atoms with Gasteiger partial charge in [0.1, 0.15) is 0 Å². The van der Waals surface area contributed by atoms with Gasteiger partial charge in [-0.05, 0) is 66.3 Å². The molecule has 1 atom stereocenters. The van der Waals surface area contributed by atoms with Gasteiger partial charge in [0.15, 0.2) is 0 Å². The van der Waals surface area contributed by atoms with Crippen molar-refractivity contribution in [2.24, 2.45) is 5.41 Å². The molecule has 2 N–H and O–H groups in total. The van der Waals surface area contributed by atoms with E-state index in [1.54, 1.807) is 4.88 Å². The van der Waals surface area contributed by atoms with Crippen LogP contribution in [0.3, 0.4) is 0 Å². The van der Waals surface area contributed by atoms with Crippen molar-refractivity contribution < 1.29 is 5.11 Å². The minimum atomic E-state index is 0.152. The van der Waals surface area contributed by atoms with Crippen molar-refractivity contribution in [2.75, 3.05) is 13.2 Å². The third kappa shape index (κ3) is 3.23. The van der Waals surface area contributed by atoms with Gasteiger partial charge >= 0.3 is 0 Å². The van der Waals surface area contributed by atoms with Crippen molar-refractivity contribution in [3.05, 3.63) is 19.4 Å². The molecule has 0 radical (unpaired) electrons. The summed E-state index contributed by atoms with van der Waals surface area (Å²) in [4.78, 5) is 1.58. The normalized spacial score (nSPS) is 25.4. The Bertz CT molecular complexity index is 453. The number of hydrogen-bond donors (Lipinski definition) is 2. The van der Waals surface area contributed by atoms with Gasteiger partial charge in [-0.2, -0.15) is 0 Å². The summed E-state index contributed by atoms with van der Waals surface area (Å²) in [5, 5.41) is 13.6. The van der Waals surface area contributed by atoms with Crippen LogP contribution in [0.4, 0.5) is 0 Å². The SMILES string of the molecule is OCC1(CNC2CCCc3sc(I)cc32)CCCCC1. The molecule has 1 heterocycles. The third-order valence-corrected chi connectivity index (χ3v) is 7.03. The molecule has 0 bridgehead atoms. The highest BCUT2D eigenvalue weighted by Crippen LogP contribution is 2.39. The lowest BCUT2D eigenvalue weighted by molar-refractivity contribution is 0.0776. The van der Waals surface area contributed by atoms with E-state index >= 15 is 0 Å². The zero-order valence-electron chi connectivity index (χ0n) is 12.0. The summed E-state index contributed by atoms with van der Waals surface area (Å²) < 4.78 is 1.41. The smallest absolute Gasteiger partial charge is 0.0659 e. The van der Waals surface area contributed by atoms with Crippen LogP contribution >= 0.6 is 33.9 Å². The minimum absolute atomic E-state index is 0.152. The van der Waals surface area contributed by atoms with E-state index in [4.69, 9.17) is 0 Å². The number of nitrogens with one attached hydrogen (secondary N) is 1. The average Bonchev–Trinajstić information content (AvgIpc) is 2.87. The van der Waals surface area contributed by atoms with E-state index < -0.39 is 0 Å². The third-order valence-electron chi connectivity index (χ3n) is 5.06. The molecule has 1 fully saturated rings. The maximum atomic E-state index is 9.83. The van der Waals surface area contributed by atoms with Gasteiger partial charge in [0.25, 0.3) is 0 Å². The Hall–Kier alpha value is 0.350. The fourth-order valence-electron chi connectivity index (χ4n) is 3.77. The largest absolute Gasteiger partial charge is 0.396 e. The van der Waals surface area contributed by atoms with Crippen LogP contribution in [0.5, 0.6) is 0 Å². The molecular formula is C16H24INOS. The molecule has 20 heavy (non-hydrogen) atoms. The number of fused-ring (bicyclic) bond motifs is 1. The zero-order chi connectivity index (χ0) is 14.0. The number of halogens is 1. The van der Waals surface area contributed by atoms with Crippen molar-refractivity contribution >= 4 is 33.9 Å². The summed E-state index contributed by atoms with van der Waals surface area (Å²) in [7, 11) is 0. The van der Waals surface area contributed by atoms with Gasteiger partial charge in [-0.1, -0.05) is 19.3 Å². The number of thiophene rings is 1. The Morgan fingerprint density at radius 2 is 2.10 bits per heavy atom. The van der Waals surface area contributed by atoms with Gasteiger partial charge in [-0.3, -0.25) is 0 Å². The summed E-state index contributed by atoms with van der Waals surface area (Å²) in [6, 6.07) is 2.88. The molecule has 2 aliphatic carbocycles. The Morgan fingerprint density at radius 1 is 1.30 bits per heavy atom. The summed E-state index contributed by atoms with van der Waals surface area (Å²) >= 11 is 4.40. The van der Waals surface area contributed by atoms with Crippen LogP contribution in [-0.4, -0.2) is 18.3 Å². The Morgan fingerprint density at radius 3 is 2.85 bits per heavy atom. The van der Waals surface area contributed by atoms with Crippen molar-refractivity contribution in [2.45, 2.75) is 57.4 Å². The van der Waals surface area contributed by atoms with Crippen LogP contribution in [-0.2, 0) is 6.42 Å². The van der Waals surface area contributed by atoms with Crippen molar-refractivity contribution in [3.8, 4) is 0 Å². The molecular weight excluding hydrogens is 381 g/mol. The number of aryl methyl sites for hydroxylation is 1. The van der Waals surface area contributed by atoms with Crippen LogP contribution in [0.1, 0.15) is 61.4 Å². The molecule has 1 saturated carbocycles. The maximum absolute atomic E-state index is 9.83. The first-order chi connectivity index (χ1) is 9.72. The molecule has 1 unspecified atom stereocenters. The quantitative estimate of drug-likeness (QED) is 0.734. The predicted molar refractivity (Wildman–Crippen MR) is 93.3 cm³/mol. The van der Waals surface area contributed by atoms with Crippen molar-refractivity contribution in [3.63, 3.8) is 0 Å². The fourth-order valence-corrected chi connectivity index (χ4v) is 5.89. The van der Waals surface area contributed by atoms with E-state index in [9.17, 15) is 5.11 Å². The fraction of sp³-hybridized carbons (Fsp3) is 0.750. The van der Waals surface area contributed by atoms with Gasteiger partial charge in [0.05, 0.1) is 2.88 Å². The van der Waals surface area contributed by atoms with Gasteiger partial charge in [0, 0.05) is 29.5 Å². The highest BCUT2D eigenvalue weighted by atomic mass is 127. The summed E-state index contributed by atoms with van der Waals surface area (Å²) in [6.45, 7) is 1.33. The predicted octanol–water partition coefficient (Wildman–Crippen LogP) is 4.26. The molecule has 2 aliphatic rings. The van der Waals surface area contributed by atoms with Crippen LogP contribution in [0.25, 0.3) is 0 Å². The van der Waals surface area contributed by atoms with Crippen LogP contribution in [0.2, 0.25) is 0 Å². The molecule has 0 saturated heterocycles. The van der Waals surface area contributed by atoms with Gasteiger partial charge in [0.2, 0.25) is 0 Å². The lowest BCUT2D eigenvalue weighted by Gasteiger charge is -2.37. The van der Waals surface area contributed by atoms with Gasteiger partial charge < -0.3 is 10.4 Å². The zero-order valence-corrected chi connectivity index (χ0v) is 14.9. The highest BCUT2D eigenvalue weighted by molar-refractivity contribution is 14.1. The standard InChI is InChI=1S/C16H24INOS/c17-15-9-12-13(5-4-6-14(12)20-15)18-10-16(11-19)7-2-1-3-8-16/h9,13,18-19H,1-8,10-11H2. The van der Waals surface area contributed by atoms with Crippen molar-refractivity contribution in [1.29, 1.82) is 0 Å². The van der Waals surface area contributed by atoms with Gasteiger partial charge in [-0.25, -0.2) is 0 Å². The van der Waals surface area contributed by atoms with E-state index in [-0.39, 0.29) is 5.41 Å². The van der Waals surface area contributed by atoms with Crippen LogP contribution < -0.4 is 5.32 Å². The average molecular weight is 405 g/mol. The first kappa shape index (κ1) is 15.3. The topological polar surface area (TPSA) is 32.3 Å². The second kappa shape index (κ2) is 6.63. The molecule has 0 aliphatic heterocycles. The molecule has 2 nitrogen and oxygen atoms in total. The molecule has 0 spiro atoms. The number of rotatable bonds is 4. The van der Waals surface area contributed by atoms with E-state index in [1.807, 2.05) is 11.3 Å². The first-order valence-electron chi connectivity index (χ1n) is 7.85. The van der Waals surface area contributed by atoms with E-state index in [1.165, 1.54) is 59.8 Å². The summed E-state index contributed by atoms with van der Waals surface area (Å²) in [5.74, 6) is 0. The Kier molecular flexibility index (Phi) is 5.06.